The van der Waals surface area contributed by atoms with Crippen molar-refractivity contribution in [1.82, 2.24) is 10.3 Å². The van der Waals surface area contributed by atoms with Crippen LogP contribution in [0.15, 0.2) is 59.1 Å². The molecule has 1 amide bonds. The summed E-state index contributed by atoms with van der Waals surface area (Å²) in [5.41, 5.74) is 3.15. The topological polar surface area (TPSA) is 111 Å². The molecule has 5 rings (SSSR count). The molecule has 222 valence electrons. The zero-order chi connectivity index (χ0) is 29.9. The average molecular weight is 616 g/mol. The molecule has 2 aromatic carbocycles. The first kappa shape index (κ1) is 30.0. The number of nitrogens with zero attached hydrogens (tertiary/aromatic N) is 2. The van der Waals surface area contributed by atoms with E-state index >= 15 is 0 Å². The van der Waals surface area contributed by atoms with Crippen LogP contribution in [-0.2, 0) is 26.1 Å². The number of benzene rings is 2. The number of halogens is 2. The standard InChI is InChI=1S/C30H31ClFN3O6S/c1-33-30(36)27-26-24(41-29(27)21-5-7-22(32)8-6-21)10-9-23(20-3-4-20)28(26)35(42(2,37)38)13-14-39-15-16-40-18-19-11-12-34-25(31)17-19/h5-12,17,20H,3-4,13-16,18H2,1-2H3,(H,33,36). The Balaban J connectivity index is 1.43. The van der Waals surface area contributed by atoms with E-state index in [0.717, 1.165) is 30.2 Å². The lowest BCUT2D eigenvalue weighted by molar-refractivity contribution is 0.0435. The van der Waals surface area contributed by atoms with Gasteiger partial charge in [-0.15, -0.1) is 0 Å². The molecule has 0 spiro atoms. The summed E-state index contributed by atoms with van der Waals surface area (Å²) in [6.07, 6.45) is 4.55. The minimum absolute atomic E-state index is 0.0157. The molecule has 0 unspecified atom stereocenters. The summed E-state index contributed by atoms with van der Waals surface area (Å²) in [7, 11) is -2.31. The van der Waals surface area contributed by atoms with E-state index in [1.165, 1.54) is 35.6 Å². The minimum Gasteiger partial charge on any atom is -0.455 e. The molecule has 0 bridgehead atoms. The van der Waals surface area contributed by atoms with Gasteiger partial charge in [-0.2, -0.15) is 0 Å². The van der Waals surface area contributed by atoms with Gasteiger partial charge in [0.2, 0.25) is 10.0 Å². The number of hydrogen-bond donors (Lipinski definition) is 1. The fourth-order valence-corrected chi connectivity index (χ4v) is 5.99. The van der Waals surface area contributed by atoms with Crippen molar-refractivity contribution in [3.05, 3.63) is 82.4 Å². The highest BCUT2D eigenvalue weighted by Crippen LogP contribution is 2.49. The summed E-state index contributed by atoms with van der Waals surface area (Å²) in [6.45, 7) is 0.996. The van der Waals surface area contributed by atoms with Crippen molar-refractivity contribution >= 4 is 44.2 Å². The Morgan fingerprint density at radius 3 is 2.52 bits per heavy atom. The van der Waals surface area contributed by atoms with E-state index in [-0.39, 0.29) is 37.0 Å². The Morgan fingerprint density at radius 1 is 1.12 bits per heavy atom. The van der Waals surface area contributed by atoms with Gasteiger partial charge in [0.25, 0.3) is 5.91 Å². The first-order chi connectivity index (χ1) is 20.2. The SMILES string of the molecule is CNC(=O)c1c(-c2ccc(F)cc2)oc2ccc(C3CC3)c(N(CCOCCOCc3ccnc(Cl)c3)S(C)(=O)=O)c12. The number of hydrogen-bond acceptors (Lipinski definition) is 7. The third-order valence-electron chi connectivity index (χ3n) is 6.96. The van der Waals surface area contributed by atoms with Gasteiger partial charge in [0, 0.05) is 18.8 Å². The molecule has 42 heavy (non-hydrogen) atoms. The third-order valence-corrected chi connectivity index (χ3v) is 8.33. The van der Waals surface area contributed by atoms with Gasteiger partial charge in [-0.1, -0.05) is 17.7 Å². The van der Waals surface area contributed by atoms with Gasteiger partial charge in [0.05, 0.1) is 55.9 Å². The highest BCUT2D eigenvalue weighted by Gasteiger charge is 2.35. The van der Waals surface area contributed by atoms with Crippen LogP contribution in [0, 0.1) is 5.82 Å². The van der Waals surface area contributed by atoms with Crippen LogP contribution in [0.4, 0.5) is 10.1 Å². The Hall–Kier alpha value is -3.51. The maximum Gasteiger partial charge on any atom is 0.255 e. The molecular formula is C30H31ClFN3O6S. The second-order valence-corrected chi connectivity index (χ2v) is 12.3. The van der Waals surface area contributed by atoms with Crippen molar-refractivity contribution in [3.63, 3.8) is 0 Å². The fourth-order valence-electron chi connectivity index (χ4n) is 4.86. The smallest absolute Gasteiger partial charge is 0.255 e. The number of anilines is 1. The summed E-state index contributed by atoms with van der Waals surface area (Å²) in [5, 5.41) is 3.42. The van der Waals surface area contributed by atoms with Gasteiger partial charge in [0.1, 0.15) is 22.3 Å². The molecule has 1 saturated carbocycles. The zero-order valence-electron chi connectivity index (χ0n) is 23.2. The van der Waals surface area contributed by atoms with Gasteiger partial charge in [-0.25, -0.2) is 17.8 Å². The first-order valence-electron chi connectivity index (χ1n) is 13.5. The van der Waals surface area contributed by atoms with Crippen LogP contribution in [0.5, 0.6) is 0 Å². The molecule has 1 aliphatic rings. The van der Waals surface area contributed by atoms with E-state index < -0.39 is 21.7 Å². The van der Waals surface area contributed by atoms with E-state index in [9.17, 15) is 17.6 Å². The summed E-state index contributed by atoms with van der Waals surface area (Å²) in [4.78, 5) is 17.2. The molecule has 4 aromatic rings. The number of aromatic nitrogens is 1. The first-order valence-corrected chi connectivity index (χ1v) is 15.7. The molecule has 0 aliphatic heterocycles. The van der Waals surface area contributed by atoms with E-state index in [1.807, 2.05) is 6.07 Å². The van der Waals surface area contributed by atoms with Crippen LogP contribution < -0.4 is 9.62 Å². The normalized spacial score (nSPS) is 13.4. The lowest BCUT2D eigenvalue weighted by Gasteiger charge is -2.26. The molecule has 2 heterocycles. The minimum atomic E-state index is -3.80. The Bertz CT molecular complexity index is 1690. The highest BCUT2D eigenvalue weighted by atomic mass is 35.5. The molecule has 0 atom stereocenters. The fraction of sp³-hybridized carbons (Fsp3) is 0.333. The average Bonchev–Trinajstić information content (AvgIpc) is 3.73. The number of amides is 1. The molecular weight excluding hydrogens is 585 g/mol. The van der Waals surface area contributed by atoms with Gasteiger partial charge in [-0.05, 0) is 72.4 Å². The number of carbonyl (C=O) groups is 1. The number of carbonyl (C=O) groups excluding carboxylic acids is 1. The molecule has 9 nitrogen and oxygen atoms in total. The second kappa shape index (κ2) is 12.8. The summed E-state index contributed by atoms with van der Waals surface area (Å²) < 4.78 is 59.0. The molecule has 1 fully saturated rings. The number of nitrogens with one attached hydrogen (secondary N) is 1. The summed E-state index contributed by atoms with van der Waals surface area (Å²) >= 11 is 5.90. The third kappa shape index (κ3) is 6.75. The van der Waals surface area contributed by atoms with E-state index in [0.29, 0.717) is 40.6 Å². The Morgan fingerprint density at radius 2 is 1.86 bits per heavy atom. The number of fused-ring (bicyclic) bond motifs is 1. The van der Waals surface area contributed by atoms with Crippen molar-refractivity contribution < 1.29 is 31.5 Å². The van der Waals surface area contributed by atoms with Crippen molar-refractivity contribution in [2.75, 3.05) is 44.0 Å². The lowest BCUT2D eigenvalue weighted by Crippen LogP contribution is -2.34. The van der Waals surface area contributed by atoms with Crippen LogP contribution in [0.3, 0.4) is 0 Å². The lowest BCUT2D eigenvalue weighted by atomic mass is 9.99. The monoisotopic (exact) mass is 615 g/mol. The Labute approximate surface area is 248 Å². The second-order valence-electron chi connectivity index (χ2n) is 10.0. The van der Waals surface area contributed by atoms with Crippen LogP contribution in [-0.4, -0.2) is 59.0 Å². The predicted octanol–water partition coefficient (Wildman–Crippen LogP) is 5.52. The Kier molecular flexibility index (Phi) is 9.12. The number of rotatable bonds is 13. The van der Waals surface area contributed by atoms with Crippen molar-refractivity contribution in [3.8, 4) is 11.3 Å². The highest BCUT2D eigenvalue weighted by molar-refractivity contribution is 7.92. The molecule has 2 aromatic heterocycles. The van der Waals surface area contributed by atoms with Crippen molar-refractivity contribution in [2.45, 2.75) is 25.4 Å². The number of sulfonamides is 1. The maximum atomic E-state index is 13.7. The van der Waals surface area contributed by atoms with Crippen LogP contribution in [0.2, 0.25) is 5.15 Å². The van der Waals surface area contributed by atoms with Crippen LogP contribution in [0.25, 0.3) is 22.3 Å². The number of ether oxygens (including phenoxy) is 2. The van der Waals surface area contributed by atoms with Crippen LogP contribution in [0.1, 0.15) is 40.2 Å². The zero-order valence-corrected chi connectivity index (χ0v) is 24.8. The number of furan rings is 1. The van der Waals surface area contributed by atoms with Gasteiger partial charge >= 0.3 is 0 Å². The summed E-state index contributed by atoms with van der Waals surface area (Å²) in [5.74, 6) is -0.481. The molecule has 0 saturated heterocycles. The number of pyridine rings is 1. The predicted molar refractivity (Wildman–Crippen MR) is 159 cm³/mol. The quantitative estimate of drug-likeness (QED) is 0.156. The maximum absolute atomic E-state index is 13.7. The summed E-state index contributed by atoms with van der Waals surface area (Å²) in [6, 6.07) is 12.7. The van der Waals surface area contributed by atoms with Crippen molar-refractivity contribution in [2.24, 2.45) is 0 Å². The molecule has 1 N–H and O–H groups in total. The van der Waals surface area contributed by atoms with Gasteiger partial charge < -0.3 is 19.2 Å². The van der Waals surface area contributed by atoms with Crippen molar-refractivity contribution in [1.29, 1.82) is 0 Å². The van der Waals surface area contributed by atoms with Gasteiger partial charge in [-0.3, -0.25) is 9.10 Å². The van der Waals surface area contributed by atoms with E-state index in [2.05, 4.69) is 10.3 Å². The molecule has 0 radical (unpaired) electrons. The van der Waals surface area contributed by atoms with Crippen LogP contribution >= 0.6 is 11.6 Å². The van der Waals surface area contributed by atoms with E-state index in [1.54, 1.807) is 24.4 Å². The van der Waals surface area contributed by atoms with Gasteiger partial charge in [0.15, 0.2) is 0 Å². The molecule has 12 heteroatoms. The van der Waals surface area contributed by atoms with E-state index in [4.69, 9.17) is 25.5 Å². The largest absolute Gasteiger partial charge is 0.455 e. The molecule has 1 aliphatic carbocycles.